The maximum atomic E-state index is 13.1. The minimum absolute atomic E-state index is 0.0801. The van der Waals surface area contributed by atoms with E-state index in [1.165, 1.54) is 0 Å². The summed E-state index contributed by atoms with van der Waals surface area (Å²) in [5.74, 6) is -1.73. The van der Waals surface area contributed by atoms with Crippen LogP contribution in [0.25, 0.3) is 11.3 Å². The van der Waals surface area contributed by atoms with Crippen LogP contribution in [0.4, 0.5) is 14.5 Å². The third kappa shape index (κ3) is 2.40. The predicted octanol–water partition coefficient (Wildman–Crippen LogP) is 2.98. The van der Waals surface area contributed by atoms with Gasteiger partial charge in [0, 0.05) is 11.6 Å². The topological polar surface area (TPSA) is 68.9 Å². The zero-order valence-electron chi connectivity index (χ0n) is 8.60. The van der Waals surface area contributed by atoms with Gasteiger partial charge in [0.2, 0.25) is 5.28 Å². The molecule has 5 nitrogen and oxygen atoms in total. The van der Waals surface area contributed by atoms with E-state index in [9.17, 15) is 18.9 Å². The summed E-state index contributed by atoms with van der Waals surface area (Å²) in [6.45, 7) is 0. The van der Waals surface area contributed by atoms with Crippen molar-refractivity contribution in [3.8, 4) is 11.3 Å². The van der Waals surface area contributed by atoms with Gasteiger partial charge in [0.25, 0.3) is 0 Å². The molecule has 92 valence electrons. The van der Waals surface area contributed by atoms with E-state index in [0.29, 0.717) is 6.07 Å². The molecule has 1 heterocycles. The lowest BCUT2D eigenvalue weighted by molar-refractivity contribution is -0.384. The average molecular weight is 272 g/mol. The van der Waals surface area contributed by atoms with Crippen molar-refractivity contribution >= 4 is 17.3 Å². The highest BCUT2D eigenvalue weighted by Crippen LogP contribution is 2.29. The van der Waals surface area contributed by atoms with Crippen LogP contribution in [0.3, 0.4) is 0 Å². The van der Waals surface area contributed by atoms with Gasteiger partial charge in [-0.05, 0) is 23.7 Å². The highest BCUT2D eigenvalue weighted by atomic mass is 35.5. The zero-order valence-corrected chi connectivity index (χ0v) is 9.36. The van der Waals surface area contributed by atoms with Crippen LogP contribution >= 0.6 is 11.6 Å². The van der Waals surface area contributed by atoms with Gasteiger partial charge in [-0.1, -0.05) is 0 Å². The van der Waals surface area contributed by atoms with Crippen LogP contribution in [-0.4, -0.2) is 14.9 Å². The second kappa shape index (κ2) is 4.61. The molecule has 0 aliphatic heterocycles. The van der Waals surface area contributed by atoms with E-state index >= 15 is 0 Å². The number of rotatable bonds is 2. The first kappa shape index (κ1) is 12.3. The number of aromatic nitrogens is 2. The molecular weight excluding hydrogens is 268 g/mol. The Hall–Kier alpha value is -2.15. The molecule has 0 saturated heterocycles. The molecule has 0 aliphatic rings. The molecule has 0 fully saturated rings. The third-order valence-corrected chi connectivity index (χ3v) is 2.25. The molecule has 2 rings (SSSR count). The minimum Gasteiger partial charge on any atom is -0.258 e. The highest BCUT2D eigenvalue weighted by Gasteiger charge is 2.19. The average Bonchev–Trinajstić information content (AvgIpc) is 2.27. The van der Waals surface area contributed by atoms with E-state index in [0.717, 1.165) is 18.3 Å². The smallest absolute Gasteiger partial charge is 0.258 e. The Morgan fingerprint density at radius 3 is 2.39 bits per heavy atom. The maximum absolute atomic E-state index is 13.1. The van der Waals surface area contributed by atoms with Crippen LogP contribution < -0.4 is 0 Å². The lowest BCUT2D eigenvalue weighted by Gasteiger charge is -2.03. The number of benzene rings is 1. The van der Waals surface area contributed by atoms with Crippen molar-refractivity contribution in [2.75, 3.05) is 0 Å². The second-order valence-electron chi connectivity index (χ2n) is 3.29. The van der Waals surface area contributed by atoms with E-state index in [-0.39, 0.29) is 16.5 Å². The first-order chi connectivity index (χ1) is 8.47. The van der Waals surface area contributed by atoms with Gasteiger partial charge in [-0.2, -0.15) is 0 Å². The maximum Gasteiger partial charge on any atom is 0.313 e. The fourth-order valence-electron chi connectivity index (χ4n) is 1.39. The van der Waals surface area contributed by atoms with Crippen molar-refractivity contribution < 1.29 is 13.7 Å². The molecule has 0 saturated carbocycles. The van der Waals surface area contributed by atoms with Gasteiger partial charge in [0.15, 0.2) is 5.69 Å². The molecule has 0 bridgehead atoms. The first-order valence-corrected chi connectivity index (χ1v) is 4.98. The van der Waals surface area contributed by atoms with Crippen molar-refractivity contribution in [1.29, 1.82) is 0 Å². The Kier molecular flexibility index (Phi) is 3.15. The van der Waals surface area contributed by atoms with Gasteiger partial charge in [-0.3, -0.25) is 10.1 Å². The Morgan fingerprint density at radius 2 is 1.83 bits per heavy atom. The Morgan fingerprint density at radius 1 is 1.22 bits per heavy atom. The molecular formula is C10H4ClF2N3O2. The molecule has 0 aliphatic carbocycles. The SMILES string of the molecule is O=[N+]([O-])c1cnc(Cl)nc1-c1cc(F)cc(F)c1. The molecule has 0 spiro atoms. The lowest BCUT2D eigenvalue weighted by Crippen LogP contribution is -1.97. The molecule has 0 amide bonds. The van der Waals surface area contributed by atoms with E-state index in [2.05, 4.69) is 9.97 Å². The summed E-state index contributed by atoms with van der Waals surface area (Å²) >= 11 is 5.52. The van der Waals surface area contributed by atoms with Crippen molar-refractivity contribution in [2.45, 2.75) is 0 Å². The Labute approximate surface area is 104 Å². The summed E-state index contributed by atoms with van der Waals surface area (Å²) < 4.78 is 26.1. The third-order valence-electron chi connectivity index (χ3n) is 2.07. The first-order valence-electron chi connectivity index (χ1n) is 4.61. The molecule has 0 radical (unpaired) electrons. The van der Waals surface area contributed by atoms with Crippen molar-refractivity contribution in [2.24, 2.45) is 0 Å². The number of nitro groups is 1. The summed E-state index contributed by atoms with van der Waals surface area (Å²) in [6.07, 6.45) is 0.882. The van der Waals surface area contributed by atoms with Gasteiger partial charge in [-0.15, -0.1) is 0 Å². The van der Waals surface area contributed by atoms with Crippen molar-refractivity contribution in [3.63, 3.8) is 0 Å². The molecule has 1 aromatic heterocycles. The molecule has 0 unspecified atom stereocenters. The van der Waals surface area contributed by atoms with Crippen LogP contribution in [0.15, 0.2) is 24.4 Å². The van der Waals surface area contributed by atoms with Crippen LogP contribution in [0.2, 0.25) is 5.28 Å². The number of hydrogen-bond acceptors (Lipinski definition) is 4. The summed E-state index contributed by atoms with van der Waals surface area (Å²) in [6, 6.07) is 2.50. The lowest BCUT2D eigenvalue weighted by atomic mass is 10.1. The molecule has 18 heavy (non-hydrogen) atoms. The number of hydrogen-bond donors (Lipinski definition) is 0. The van der Waals surface area contributed by atoms with E-state index in [4.69, 9.17) is 11.6 Å². The minimum atomic E-state index is -0.867. The van der Waals surface area contributed by atoms with E-state index < -0.39 is 22.2 Å². The highest BCUT2D eigenvalue weighted by molar-refractivity contribution is 6.28. The van der Waals surface area contributed by atoms with E-state index in [1.807, 2.05) is 0 Å². The predicted molar refractivity (Wildman–Crippen MR) is 59.0 cm³/mol. The molecule has 1 aromatic carbocycles. The quantitative estimate of drug-likeness (QED) is 0.478. The van der Waals surface area contributed by atoms with Crippen LogP contribution in [0, 0.1) is 21.7 Å². The fraction of sp³-hybridized carbons (Fsp3) is 0. The zero-order chi connectivity index (χ0) is 13.3. The summed E-state index contributed by atoms with van der Waals surface area (Å²) in [5, 5.41) is 10.5. The van der Waals surface area contributed by atoms with Crippen LogP contribution in [0.5, 0.6) is 0 Å². The Bertz CT molecular complexity index is 616. The molecule has 2 aromatic rings. The van der Waals surface area contributed by atoms with Crippen molar-refractivity contribution in [3.05, 3.63) is 51.4 Å². The van der Waals surface area contributed by atoms with Crippen LogP contribution in [-0.2, 0) is 0 Å². The molecule has 0 N–H and O–H groups in total. The van der Waals surface area contributed by atoms with Gasteiger partial charge in [0.1, 0.15) is 17.8 Å². The largest absolute Gasteiger partial charge is 0.313 e. The van der Waals surface area contributed by atoms with Gasteiger partial charge in [-0.25, -0.2) is 18.7 Å². The van der Waals surface area contributed by atoms with Crippen molar-refractivity contribution in [1.82, 2.24) is 9.97 Å². The fourth-order valence-corrected chi connectivity index (χ4v) is 1.52. The standard InChI is InChI=1S/C10H4ClF2N3O2/c11-10-14-4-8(16(17)18)9(15-10)5-1-6(12)3-7(13)2-5/h1-4H. The summed E-state index contributed by atoms with van der Waals surface area (Å²) in [7, 11) is 0. The molecule has 8 heteroatoms. The summed E-state index contributed by atoms with van der Waals surface area (Å²) in [5.41, 5.74) is -0.800. The summed E-state index contributed by atoms with van der Waals surface area (Å²) in [4.78, 5) is 17.1. The molecule has 0 atom stereocenters. The normalized spacial score (nSPS) is 10.4. The van der Waals surface area contributed by atoms with Gasteiger partial charge < -0.3 is 0 Å². The van der Waals surface area contributed by atoms with Gasteiger partial charge in [0.05, 0.1) is 4.92 Å². The van der Waals surface area contributed by atoms with Gasteiger partial charge >= 0.3 is 5.69 Å². The monoisotopic (exact) mass is 271 g/mol. The Balaban J connectivity index is 2.68. The van der Waals surface area contributed by atoms with Crippen LogP contribution in [0.1, 0.15) is 0 Å². The number of nitrogens with zero attached hydrogens (tertiary/aromatic N) is 3. The second-order valence-corrected chi connectivity index (χ2v) is 3.63. The number of halogens is 3. The van der Waals surface area contributed by atoms with E-state index in [1.54, 1.807) is 0 Å².